The van der Waals surface area contributed by atoms with Gasteiger partial charge in [-0.1, -0.05) is 48.5 Å². The van der Waals surface area contributed by atoms with E-state index in [0.717, 1.165) is 24.9 Å². The van der Waals surface area contributed by atoms with Crippen molar-refractivity contribution in [3.05, 3.63) is 71.3 Å². The summed E-state index contributed by atoms with van der Waals surface area (Å²) in [7, 11) is 0. The normalized spacial score (nSPS) is 18.6. The van der Waals surface area contributed by atoms with Crippen LogP contribution in [0.5, 0.6) is 0 Å². The molecule has 0 aromatic heterocycles. The molecule has 1 N–H and O–H groups in total. The van der Waals surface area contributed by atoms with Crippen molar-refractivity contribution in [2.45, 2.75) is 25.4 Å². The van der Waals surface area contributed by atoms with Crippen LogP contribution in [-0.4, -0.2) is 66.9 Å². The molecule has 7 heteroatoms. The number of nitrogens with one attached hydrogen (secondary N) is 1. The highest BCUT2D eigenvalue weighted by Gasteiger charge is 2.33. The molecule has 1 unspecified atom stereocenters. The number of amides is 2. The van der Waals surface area contributed by atoms with Crippen molar-refractivity contribution in [2.75, 3.05) is 39.3 Å². The Balaban J connectivity index is 1.21. The molecule has 1 atom stereocenters. The minimum Gasteiger partial charge on any atom is -0.453 e. The number of esters is 1. The largest absolute Gasteiger partial charge is 0.453 e. The number of ether oxygens (including phenoxy) is 1. The number of carbonyl (C=O) groups excluding carboxylic acids is 3. The van der Waals surface area contributed by atoms with E-state index in [-0.39, 0.29) is 24.2 Å². The van der Waals surface area contributed by atoms with Crippen molar-refractivity contribution < 1.29 is 19.1 Å². The van der Waals surface area contributed by atoms with Crippen LogP contribution in [0.4, 0.5) is 0 Å². The summed E-state index contributed by atoms with van der Waals surface area (Å²) in [5.74, 6) is -0.373. The third-order valence-corrected chi connectivity index (χ3v) is 6.02. The maximum absolute atomic E-state index is 12.9. The van der Waals surface area contributed by atoms with E-state index in [4.69, 9.17) is 4.74 Å². The van der Waals surface area contributed by atoms with Crippen LogP contribution in [0.1, 0.15) is 40.4 Å². The Morgan fingerprint density at radius 3 is 2.59 bits per heavy atom. The molecule has 4 rings (SSSR count). The first-order valence-corrected chi connectivity index (χ1v) is 11.2. The van der Waals surface area contributed by atoms with Crippen molar-refractivity contribution in [2.24, 2.45) is 0 Å². The van der Waals surface area contributed by atoms with E-state index < -0.39 is 6.10 Å². The van der Waals surface area contributed by atoms with Crippen LogP contribution < -0.4 is 5.32 Å². The highest BCUT2D eigenvalue weighted by Crippen LogP contribution is 2.33. The second-order valence-electron chi connectivity index (χ2n) is 8.28. The number of hydrogen-bond acceptors (Lipinski definition) is 5. The second-order valence-corrected chi connectivity index (χ2v) is 8.28. The summed E-state index contributed by atoms with van der Waals surface area (Å²) in [6.07, 6.45) is 1.26. The van der Waals surface area contributed by atoms with Crippen LogP contribution >= 0.6 is 0 Å². The van der Waals surface area contributed by atoms with Gasteiger partial charge < -0.3 is 15.0 Å². The molecule has 0 bridgehead atoms. The quantitative estimate of drug-likeness (QED) is 0.675. The van der Waals surface area contributed by atoms with Gasteiger partial charge in [0, 0.05) is 38.3 Å². The van der Waals surface area contributed by atoms with E-state index >= 15 is 0 Å². The molecule has 2 heterocycles. The van der Waals surface area contributed by atoms with Gasteiger partial charge in [0.2, 0.25) is 11.8 Å². The van der Waals surface area contributed by atoms with Gasteiger partial charge in [-0.3, -0.25) is 14.5 Å². The summed E-state index contributed by atoms with van der Waals surface area (Å²) in [5.41, 5.74) is 2.53. The monoisotopic (exact) mass is 435 g/mol. The van der Waals surface area contributed by atoms with E-state index in [1.807, 2.05) is 35.2 Å². The van der Waals surface area contributed by atoms with Gasteiger partial charge in [0.1, 0.15) is 6.10 Å². The molecule has 1 saturated heterocycles. The molecular weight excluding hydrogens is 406 g/mol. The van der Waals surface area contributed by atoms with E-state index in [9.17, 15) is 14.4 Å². The number of rotatable bonds is 7. The second kappa shape index (κ2) is 10.4. The summed E-state index contributed by atoms with van der Waals surface area (Å²) in [5, 5.41) is 2.99. The Kier molecular flexibility index (Phi) is 7.17. The predicted molar refractivity (Wildman–Crippen MR) is 120 cm³/mol. The fourth-order valence-electron chi connectivity index (χ4n) is 4.29. The summed E-state index contributed by atoms with van der Waals surface area (Å²) < 4.78 is 5.42. The van der Waals surface area contributed by atoms with Gasteiger partial charge in [0.15, 0.2) is 0 Å². The van der Waals surface area contributed by atoms with Crippen LogP contribution in [0.2, 0.25) is 0 Å². The van der Waals surface area contributed by atoms with Gasteiger partial charge >= 0.3 is 5.97 Å². The lowest BCUT2D eigenvalue weighted by Crippen LogP contribution is -2.40. The number of nitrogens with zero attached hydrogens (tertiary/aromatic N) is 2. The smallest absolute Gasteiger partial charge is 0.339 e. The minimum absolute atomic E-state index is 0.00943. The molecule has 0 radical (unpaired) electrons. The Hall–Kier alpha value is -3.19. The standard InChI is InChI=1S/C25H29N3O4/c29-23(26-12-11-19-7-2-1-3-8-19)18-27-13-6-14-28(16-15-27)24(30)17-22-20-9-4-5-10-21(20)25(31)32-22/h1-5,7-10,22H,6,11-18H2,(H,26,29). The SMILES string of the molecule is O=C(CN1CCCN(C(=O)CC2OC(=O)c3ccccc32)CC1)NCCc1ccccc1. The first-order valence-electron chi connectivity index (χ1n) is 11.2. The first-order chi connectivity index (χ1) is 15.6. The average molecular weight is 436 g/mol. The van der Waals surface area contributed by atoms with Crippen molar-refractivity contribution in [1.82, 2.24) is 15.1 Å². The third kappa shape index (κ3) is 5.53. The number of hydrogen-bond donors (Lipinski definition) is 1. The average Bonchev–Trinajstić information content (AvgIpc) is 2.96. The van der Waals surface area contributed by atoms with Crippen molar-refractivity contribution in [3.8, 4) is 0 Å². The fraction of sp³-hybridized carbons (Fsp3) is 0.400. The van der Waals surface area contributed by atoms with Crippen LogP contribution in [-0.2, 0) is 20.7 Å². The predicted octanol–water partition coefficient (Wildman–Crippen LogP) is 2.18. The van der Waals surface area contributed by atoms with Crippen LogP contribution in [0, 0.1) is 0 Å². The topological polar surface area (TPSA) is 79.0 Å². The van der Waals surface area contributed by atoms with Crippen LogP contribution in [0.25, 0.3) is 0 Å². The number of cyclic esters (lactones) is 1. The van der Waals surface area contributed by atoms with Gasteiger partial charge in [-0.2, -0.15) is 0 Å². The third-order valence-electron chi connectivity index (χ3n) is 6.02. The fourth-order valence-corrected chi connectivity index (χ4v) is 4.29. The molecule has 0 aliphatic carbocycles. The van der Waals surface area contributed by atoms with Crippen molar-refractivity contribution >= 4 is 17.8 Å². The van der Waals surface area contributed by atoms with Gasteiger partial charge in [0.25, 0.3) is 0 Å². The number of benzene rings is 2. The Morgan fingerprint density at radius 2 is 1.75 bits per heavy atom. The molecule has 2 aromatic carbocycles. The van der Waals surface area contributed by atoms with Crippen molar-refractivity contribution in [3.63, 3.8) is 0 Å². The van der Waals surface area contributed by atoms with Gasteiger partial charge in [-0.05, 0) is 24.5 Å². The molecule has 0 spiro atoms. The van der Waals surface area contributed by atoms with E-state index in [2.05, 4.69) is 22.3 Å². The zero-order valence-electron chi connectivity index (χ0n) is 18.2. The molecule has 7 nitrogen and oxygen atoms in total. The molecule has 0 saturated carbocycles. The lowest BCUT2D eigenvalue weighted by molar-refractivity contribution is -0.133. The van der Waals surface area contributed by atoms with Crippen molar-refractivity contribution in [1.29, 1.82) is 0 Å². The van der Waals surface area contributed by atoms with E-state index in [1.54, 1.807) is 12.1 Å². The maximum Gasteiger partial charge on any atom is 0.339 e. The number of fused-ring (bicyclic) bond motifs is 1. The molecular formula is C25H29N3O4. The Bertz CT molecular complexity index is 963. The van der Waals surface area contributed by atoms with Gasteiger partial charge in [-0.25, -0.2) is 4.79 Å². The molecule has 1 fully saturated rings. The highest BCUT2D eigenvalue weighted by atomic mass is 16.5. The molecule has 2 aliphatic rings. The summed E-state index contributed by atoms with van der Waals surface area (Å²) in [4.78, 5) is 41.1. The first kappa shape index (κ1) is 22.0. The van der Waals surface area contributed by atoms with Crippen LogP contribution in [0.3, 0.4) is 0 Å². The lowest BCUT2D eigenvalue weighted by atomic mass is 10.0. The summed E-state index contributed by atoms with van der Waals surface area (Å²) in [6, 6.07) is 17.3. The zero-order valence-corrected chi connectivity index (χ0v) is 18.2. The van der Waals surface area contributed by atoms with Gasteiger partial charge in [-0.15, -0.1) is 0 Å². The van der Waals surface area contributed by atoms with E-state index in [0.29, 0.717) is 38.3 Å². The molecule has 168 valence electrons. The summed E-state index contributed by atoms with van der Waals surface area (Å²) >= 11 is 0. The zero-order chi connectivity index (χ0) is 22.3. The lowest BCUT2D eigenvalue weighted by Gasteiger charge is -2.23. The molecule has 2 aromatic rings. The maximum atomic E-state index is 12.9. The molecule has 32 heavy (non-hydrogen) atoms. The van der Waals surface area contributed by atoms with Crippen LogP contribution in [0.15, 0.2) is 54.6 Å². The van der Waals surface area contributed by atoms with Gasteiger partial charge in [0.05, 0.1) is 18.5 Å². The molecule has 2 aliphatic heterocycles. The minimum atomic E-state index is -0.513. The Labute approximate surface area is 188 Å². The summed E-state index contributed by atoms with van der Waals surface area (Å²) in [6.45, 7) is 3.59. The van der Waals surface area contributed by atoms with E-state index in [1.165, 1.54) is 5.56 Å². The number of carbonyl (C=O) groups is 3. The Morgan fingerprint density at radius 1 is 0.969 bits per heavy atom. The molecule has 2 amide bonds. The highest BCUT2D eigenvalue weighted by molar-refractivity contribution is 5.94.